The summed E-state index contributed by atoms with van der Waals surface area (Å²) in [6.07, 6.45) is 1.36. The number of nitrogens with one attached hydrogen (secondary N) is 1. The van der Waals surface area contributed by atoms with Crippen molar-refractivity contribution in [2.24, 2.45) is 0 Å². The highest BCUT2D eigenvalue weighted by molar-refractivity contribution is 5.89. The number of benzene rings is 3. The first kappa shape index (κ1) is 24.4. The van der Waals surface area contributed by atoms with E-state index in [1.165, 1.54) is 0 Å². The van der Waals surface area contributed by atoms with Crippen LogP contribution in [-0.2, 0) is 10.2 Å². The Labute approximate surface area is 226 Å². The Balaban J connectivity index is 1.32. The zero-order chi connectivity index (χ0) is 27.0. The van der Waals surface area contributed by atoms with Gasteiger partial charge in [-0.05, 0) is 60.7 Å². The third-order valence-electron chi connectivity index (χ3n) is 7.42. The molecule has 0 aliphatic heterocycles. The minimum Gasteiger partial charge on any atom is -0.481 e. The summed E-state index contributed by atoms with van der Waals surface area (Å²) in [5, 5.41) is 17.4. The molecule has 0 radical (unpaired) electrons. The average molecular weight is 517 g/mol. The maximum atomic E-state index is 11.8. The lowest BCUT2D eigenvalue weighted by molar-refractivity contribution is -0.140. The topological polar surface area (TPSA) is 91.5 Å². The van der Waals surface area contributed by atoms with E-state index in [0.29, 0.717) is 24.4 Å². The zero-order valence-electron chi connectivity index (χ0n) is 21.8. The Bertz CT molecular complexity index is 1640. The van der Waals surface area contributed by atoms with E-state index in [1.54, 1.807) is 0 Å². The number of hydrogen-bond donors (Lipinski definition) is 2. The van der Waals surface area contributed by atoms with Crippen molar-refractivity contribution in [1.82, 2.24) is 10.1 Å². The number of hydrogen-bond acceptors (Lipinski definition) is 6. The van der Waals surface area contributed by atoms with Gasteiger partial charge in [0.05, 0.1) is 5.41 Å². The number of pyridine rings is 1. The molecule has 194 valence electrons. The lowest BCUT2D eigenvalue weighted by Crippen LogP contribution is -2.19. The van der Waals surface area contributed by atoms with Crippen molar-refractivity contribution in [3.63, 3.8) is 0 Å². The fourth-order valence-corrected chi connectivity index (χ4v) is 4.95. The fraction of sp³-hybridized carbons (Fsp3) is 0.156. The normalized spacial score (nSPS) is 13.6. The molecule has 0 saturated heterocycles. The smallest absolute Gasteiger partial charge is 0.314 e. The van der Waals surface area contributed by atoms with Crippen LogP contribution in [0.3, 0.4) is 0 Å². The molecule has 5 aromatic rings. The number of aliphatic carboxylic acids is 1. The summed E-state index contributed by atoms with van der Waals surface area (Å²) in [6.45, 7) is 1.90. The Hall–Kier alpha value is -4.91. The van der Waals surface area contributed by atoms with Crippen LogP contribution in [-0.4, -0.2) is 28.3 Å². The molecular formula is C32H28N4O3. The van der Waals surface area contributed by atoms with Gasteiger partial charge < -0.3 is 19.8 Å². The number of nitrogens with zero attached hydrogens (tertiary/aromatic N) is 3. The zero-order valence-corrected chi connectivity index (χ0v) is 21.8. The van der Waals surface area contributed by atoms with Crippen molar-refractivity contribution in [2.75, 3.05) is 17.3 Å². The third kappa shape index (κ3) is 4.52. The maximum Gasteiger partial charge on any atom is 0.314 e. The molecule has 7 heteroatoms. The van der Waals surface area contributed by atoms with E-state index in [1.807, 2.05) is 116 Å². The number of carbonyl (C=O) groups is 1. The second-order valence-electron chi connectivity index (χ2n) is 9.88. The number of aromatic nitrogens is 2. The lowest BCUT2D eigenvalue weighted by Gasteiger charge is -2.19. The van der Waals surface area contributed by atoms with E-state index in [-0.39, 0.29) is 0 Å². The van der Waals surface area contributed by atoms with Crippen LogP contribution in [0.4, 0.5) is 23.0 Å². The first-order valence-corrected chi connectivity index (χ1v) is 12.9. The minimum absolute atomic E-state index is 0.611. The summed E-state index contributed by atoms with van der Waals surface area (Å²) in [4.78, 5) is 18.6. The van der Waals surface area contributed by atoms with Gasteiger partial charge in [-0.2, -0.15) is 0 Å². The number of carboxylic acids is 1. The van der Waals surface area contributed by atoms with Crippen LogP contribution in [0.25, 0.3) is 22.5 Å². The summed E-state index contributed by atoms with van der Waals surface area (Å²) in [6, 6.07) is 31.7. The van der Waals surface area contributed by atoms with Gasteiger partial charge in [-0.3, -0.25) is 4.79 Å². The van der Waals surface area contributed by atoms with Gasteiger partial charge in [0.15, 0.2) is 5.76 Å². The molecule has 3 aromatic carbocycles. The molecule has 2 aromatic heterocycles. The second kappa shape index (κ2) is 9.76. The van der Waals surface area contributed by atoms with Gasteiger partial charge in [0.2, 0.25) is 0 Å². The van der Waals surface area contributed by atoms with E-state index in [4.69, 9.17) is 9.51 Å². The molecule has 6 rings (SSSR count). The molecule has 7 nitrogen and oxygen atoms in total. The molecule has 2 heterocycles. The van der Waals surface area contributed by atoms with Crippen LogP contribution in [0.5, 0.6) is 0 Å². The molecule has 39 heavy (non-hydrogen) atoms. The van der Waals surface area contributed by atoms with Gasteiger partial charge in [0.1, 0.15) is 23.0 Å². The molecule has 1 aliphatic carbocycles. The van der Waals surface area contributed by atoms with Gasteiger partial charge in [-0.15, -0.1) is 0 Å². The molecular weight excluding hydrogens is 488 g/mol. The Morgan fingerprint density at radius 2 is 1.59 bits per heavy atom. The molecule has 2 N–H and O–H groups in total. The monoisotopic (exact) mass is 516 g/mol. The molecule has 1 saturated carbocycles. The van der Waals surface area contributed by atoms with Crippen LogP contribution in [0.1, 0.15) is 24.1 Å². The van der Waals surface area contributed by atoms with Crippen molar-refractivity contribution >= 4 is 29.0 Å². The molecule has 0 unspecified atom stereocenters. The summed E-state index contributed by atoms with van der Waals surface area (Å²) in [7, 11) is 1.99. The van der Waals surface area contributed by atoms with Gasteiger partial charge in [-0.1, -0.05) is 78.0 Å². The first-order chi connectivity index (χ1) is 19.0. The van der Waals surface area contributed by atoms with E-state index in [9.17, 15) is 9.90 Å². The second-order valence-corrected chi connectivity index (χ2v) is 9.88. The Morgan fingerprint density at radius 1 is 0.897 bits per heavy atom. The summed E-state index contributed by atoms with van der Waals surface area (Å²) >= 11 is 0. The summed E-state index contributed by atoms with van der Waals surface area (Å²) in [5.74, 6) is 1.33. The van der Waals surface area contributed by atoms with Crippen molar-refractivity contribution in [2.45, 2.75) is 25.2 Å². The van der Waals surface area contributed by atoms with Crippen LogP contribution in [0.2, 0.25) is 0 Å². The lowest BCUT2D eigenvalue weighted by atomic mass is 9.92. The van der Waals surface area contributed by atoms with Crippen molar-refractivity contribution < 1.29 is 14.4 Å². The predicted molar refractivity (Wildman–Crippen MR) is 153 cm³/mol. The SMILES string of the molecule is Cc1noc(-c2ccccc2-c2ccc(C3(C(=O)O)CC3)cc2)c1Nc1cccc(N(C)c2ccccc2)n1. The van der Waals surface area contributed by atoms with Gasteiger partial charge in [-0.25, -0.2) is 4.98 Å². The Morgan fingerprint density at radius 3 is 2.28 bits per heavy atom. The van der Waals surface area contributed by atoms with E-state index >= 15 is 0 Å². The van der Waals surface area contributed by atoms with E-state index in [0.717, 1.165) is 45.1 Å². The number of carboxylic acid groups (broad SMARTS) is 1. The third-order valence-corrected chi connectivity index (χ3v) is 7.42. The highest BCUT2D eigenvalue weighted by Crippen LogP contribution is 2.49. The Kier molecular flexibility index (Phi) is 6.11. The quantitative estimate of drug-likeness (QED) is 0.223. The van der Waals surface area contributed by atoms with E-state index < -0.39 is 11.4 Å². The standard InChI is InChI=1S/C32H28N4O3/c1-21-29(34-27-13-8-14-28(33-27)36(2)24-9-4-3-5-10-24)30(39-35-21)26-12-7-6-11-25(26)22-15-17-23(18-16-22)32(19-20-32)31(37)38/h3-18H,19-20H2,1-2H3,(H,33,34)(H,37,38). The largest absolute Gasteiger partial charge is 0.481 e. The van der Waals surface area contributed by atoms with Crippen molar-refractivity contribution in [3.8, 4) is 22.5 Å². The van der Waals surface area contributed by atoms with Gasteiger partial charge >= 0.3 is 5.97 Å². The number of rotatable bonds is 8. The molecule has 0 atom stereocenters. The minimum atomic E-state index is -0.754. The fourth-order valence-electron chi connectivity index (χ4n) is 4.95. The maximum absolute atomic E-state index is 11.8. The van der Waals surface area contributed by atoms with Crippen LogP contribution >= 0.6 is 0 Å². The predicted octanol–water partition coefficient (Wildman–Crippen LogP) is 7.34. The summed E-state index contributed by atoms with van der Waals surface area (Å²) in [5.41, 5.74) is 5.44. The van der Waals surface area contributed by atoms with Crippen LogP contribution in [0, 0.1) is 6.92 Å². The average Bonchev–Trinajstić information content (AvgIpc) is 3.72. The van der Waals surface area contributed by atoms with Crippen molar-refractivity contribution in [1.29, 1.82) is 0 Å². The summed E-state index contributed by atoms with van der Waals surface area (Å²) < 4.78 is 5.85. The number of anilines is 4. The highest BCUT2D eigenvalue weighted by atomic mass is 16.5. The highest BCUT2D eigenvalue weighted by Gasteiger charge is 2.51. The number of aryl methyl sites for hydroxylation is 1. The first-order valence-electron chi connectivity index (χ1n) is 12.9. The molecule has 0 spiro atoms. The molecule has 0 bridgehead atoms. The van der Waals surface area contributed by atoms with Gasteiger partial charge in [0, 0.05) is 18.3 Å². The molecule has 1 fully saturated rings. The van der Waals surface area contributed by atoms with Crippen molar-refractivity contribution in [3.05, 3.63) is 108 Å². The molecule has 0 amide bonds. The van der Waals surface area contributed by atoms with E-state index in [2.05, 4.69) is 10.5 Å². The molecule has 1 aliphatic rings. The van der Waals surface area contributed by atoms with Crippen LogP contribution in [0.15, 0.2) is 102 Å². The van der Waals surface area contributed by atoms with Crippen LogP contribution < -0.4 is 10.2 Å². The number of para-hydroxylation sites is 1. The van der Waals surface area contributed by atoms with Gasteiger partial charge in [0.25, 0.3) is 0 Å².